The van der Waals surface area contributed by atoms with E-state index in [0.717, 1.165) is 5.57 Å². The molecule has 3 fully saturated rings. The van der Waals surface area contributed by atoms with Crippen LogP contribution in [-0.2, 0) is 9.53 Å². The van der Waals surface area contributed by atoms with E-state index in [9.17, 15) is 20.1 Å². The fourth-order valence-corrected chi connectivity index (χ4v) is 6.18. The second-order valence-corrected chi connectivity index (χ2v) is 9.63. The smallest absolute Gasteiger partial charge is 0.217 e. The fraction of sp³-hybridized carbons (Fsp3) is 0.792. The molecule has 0 aromatic heterocycles. The molecule has 3 unspecified atom stereocenters. The van der Waals surface area contributed by atoms with Gasteiger partial charge in [-0.3, -0.25) is 4.79 Å². The summed E-state index contributed by atoms with van der Waals surface area (Å²) >= 11 is 0. The number of carbonyl (C=O) groups is 1. The Morgan fingerprint density at radius 1 is 1.10 bits per heavy atom. The van der Waals surface area contributed by atoms with Gasteiger partial charge in [0.25, 0.3) is 0 Å². The van der Waals surface area contributed by atoms with Crippen molar-refractivity contribution in [1.82, 2.24) is 0 Å². The average Bonchev–Trinajstić information content (AvgIpc) is 2.70. The number of aliphatic hydroxyl groups excluding tert-OH is 2. The molecule has 5 nitrogen and oxygen atoms in total. The molecule has 4 rings (SSSR count). The van der Waals surface area contributed by atoms with Crippen LogP contribution < -0.4 is 0 Å². The van der Waals surface area contributed by atoms with Crippen LogP contribution in [0.2, 0.25) is 0 Å². The molecule has 0 amide bonds. The van der Waals surface area contributed by atoms with Gasteiger partial charge in [-0.05, 0) is 44.6 Å². The van der Waals surface area contributed by atoms with Crippen LogP contribution in [0, 0.1) is 35.5 Å². The van der Waals surface area contributed by atoms with E-state index >= 15 is 4.39 Å². The number of terminal acetylenes is 1. The van der Waals surface area contributed by atoms with E-state index < -0.39 is 52.1 Å². The monoisotopic (exact) mass is 424 g/mol. The van der Waals surface area contributed by atoms with Crippen LogP contribution >= 0.6 is 0 Å². The van der Waals surface area contributed by atoms with E-state index in [1.165, 1.54) is 0 Å². The number of Topliss-reactive ketones (excluding diaryl/α,β-unsaturated/α-hetero) is 1. The van der Waals surface area contributed by atoms with Gasteiger partial charge in [-0.2, -0.15) is 0 Å². The van der Waals surface area contributed by atoms with Gasteiger partial charge in [-0.15, -0.1) is 12.8 Å². The summed E-state index contributed by atoms with van der Waals surface area (Å²) in [5.41, 5.74) is -1.82. The molecular formula is C24H37FO5. The zero-order valence-electron chi connectivity index (χ0n) is 19.0. The quantitative estimate of drug-likeness (QED) is 0.411. The molecule has 30 heavy (non-hydrogen) atoms. The van der Waals surface area contributed by atoms with Crippen molar-refractivity contribution >= 4 is 5.78 Å². The summed E-state index contributed by atoms with van der Waals surface area (Å²) in [5.74, 6) is -3.55. The van der Waals surface area contributed by atoms with Gasteiger partial charge < -0.3 is 20.1 Å². The van der Waals surface area contributed by atoms with Crippen LogP contribution in [0.15, 0.2) is 11.1 Å². The summed E-state index contributed by atoms with van der Waals surface area (Å²) in [6.45, 7) is 11.4. The van der Waals surface area contributed by atoms with Crippen LogP contribution in [0.5, 0.6) is 0 Å². The lowest BCUT2D eigenvalue weighted by Crippen LogP contribution is -2.71. The molecule has 1 aliphatic heterocycles. The number of hydrogen-bond donors (Lipinski definition) is 3. The highest BCUT2D eigenvalue weighted by Crippen LogP contribution is 2.63. The summed E-state index contributed by atoms with van der Waals surface area (Å²) in [7, 11) is 0. The maximum Gasteiger partial charge on any atom is 0.217 e. The molecule has 1 heterocycles. The van der Waals surface area contributed by atoms with Crippen LogP contribution in [0.1, 0.15) is 67.2 Å². The van der Waals surface area contributed by atoms with E-state index in [4.69, 9.17) is 4.74 Å². The third-order valence-electron chi connectivity index (χ3n) is 8.30. The summed E-state index contributed by atoms with van der Waals surface area (Å²) in [6.07, 6.45) is 6.36. The van der Waals surface area contributed by atoms with Crippen molar-refractivity contribution in [3.8, 4) is 12.8 Å². The van der Waals surface area contributed by atoms with Crippen molar-refractivity contribution in [2.75, 3.05) is 6.61 Å². The van der Waals surface area contributed by atoms with Gasteiger partial charge in [0.05, 0.1) is 23.7 Å². The van der Waals surface area contributed by atoms with E-state index in [-0.39, 0.29) is 19.4 Å². The van der Waals surface area contributed by atoms with Crippen LogP contribution in [0.3, 0.4) is 0 Å². The van der Waals surface area contributed by atoms with Gasteiger partial charge in [-0.25, -0.2) is 4.39 Å². The van der Waals surface area contributed by atoms with E-state index in [1.54, 1.807) is 6.92 Å². The van der Waals surface area contributed by atoms with Crippen molar-refractivity contribution in [2.24, 2.45) is 22.7 Å². The summed E-state index contributed by atoms with van der Waals surface area (Å²) in [6, 6.07) is 0. The zero-order valence-corrected chi connectivity index (χ0v) is 19.0. The minimum atomic E-state index is -1.95. The highest BCUT2D eigenvalue weighted by molar-refractivity contribution is 5.93. The Bertz CT molecular complexity index is 743. The van der Waals surface area contributed by atoms with Gasteiger partial charge in [0, 0.05) is 17.8 Å². The lowest BCUT2D eigenvalue weighted by molar-refractivity contribution is -0.348. The molecule has 0 radical (unpaired) electrons. The first kappa shape index (κ1) is 25.0. The van der Waals surface area contributed by atoms with Gasteiger partial charge >= 0.3 is 0 Å². The number of alkyl halides is 1. The molecule has 7 atom stereocenters. The molecule has 0 aromatic rings. The van der Waals surface area contributed by atoms with Crippen molar-refractivity contribution < 1.29 is 29.2 Å². The number of carbonyl (C=O) groups excluding carboxylic acids is 1. The molecule has 170 valence electrons. The minimum Gasteiger partial charge on any atom is -0.392 e. The molecule has 2 saturated carbocycles. The van der Waals surface area contributed by atoms with E-state index in [1.807, 2.05) is 34.6 Å². The third-order valence-corrected chi connectivity index (χ3v) is 8.30. The first-order valence-corrected chi connectivity index (χ1v) is 10.9. The number of hydrogen-bond acceptors (Lipinski definition) is 5. The van der Waals surface area contributed by atoms with Crippen molar-refractivity contribution in [3.05, 3.63) is 11.1 Å². The SMILES string of the molecule is C#C.CC.CC1=C2[C@@H](O)C(=O)C3(C)C(C[C@](O)(CC1)C2(C)C)C1CO[C@]1(F)C[C@@H]3O. The maximum atomic E-state index is 15.1. The minimum absolute atomic E-state index is 0.172. The topological polar surface area (TPSA) is 87.0 Å². The number of ketones is 1. The number of rotatable bonds is 0. The summed E-state index contributed by atoms with van der Waals surface area (Å²) in [5, 5.41) is 33.4. The van der Waals surface area contributed by atoms with Crippen molar-refractivity contribution in [3.63, 3.8) is 0 Å². The third kappa shape index (κ3) is 3.09. The predicted octanol–water partition coefficient (Wildman–Crippen LogP) is 3.16. The molecule has 3 N–H and O–H groups in total. The highest BCUT2D eigenvalue weighted by atomic mass is 19.2. The molecular weight excluding hydrogens is 387 g/mol. The van der Waals surface area contributed by atoms with E-state index in [2.05, 4.69) is 12.8 Å². The van der Waals surface area contributed by atoms with Crippen LogP contribution in [-0.4, -0.2) is 51.4 Å². The number of aliphatic hydroxyl groups is 3. The van der Waals surface area contributed by atoms with Gasteiger partial charge in [0.1, 0.15) is 6.10 Å². The second kappa shape index (κ2) is 8.02. The molecule has 4 aliphatic rings. The Hall–Kier alpha value is -1.26. The second-order valence-electron chi connectivity index (χ2n) is 9.63. The number of ether oxygens (including phenoxy) is 1. The Morgan fingerprint density at radius 3 is 2.17 bits per heavy atom. The van der Waals surface area contributed by atoms with Crippen LogP contribution in [0.25, 0.3) is 0 Å². The highest BCUT2D eigenvalue weighted by Gasteiger charge is 2.70. The normalized spacial score (nSPS) is 46.3. The fourth-order valence-electron chi connectivity index (χ4n) is 6.18. The number of halogens is 1. The van der Waals surface area contributed by atoms with Crippen molar-refractivity contribution in [2.45, 2.75) is 90.9 Å². The first-order chi connectivity index (χ1) is 13.9. The standard InChI is InChI=1S/C20H29FO5.C2H6.C2H2/c1-10-5-6-19(25)7-11-12-9-26-20(12,21)8-13(22)18(11,4)16(24)15(23)14(10)17(19,2)3;2*1-2/h11-13,15,22-23,25H,5-9H2,1-4H3;1-2H3;1-2H/t11?,12?,13-,15+,18?,19+,20+;;/m0../s1. The Balaban J connectivity index is 0.000000757. The predicted molar refractivity (Wildman–Crippen MR) is 113 cm³/mol. The maximum absolute atomic E-state index is 15.1. The lowest BCUT2D eigenvalue weighted by atomic mass is 9.47. The summed E-state index contributed by atoms with van der Waals surface area (Å²) in [4.78, 5) is 13.4. The molecule has 0 aromatic carbocycles. The van der Waals surface area contributed by atoms with Gasteiger partial charge in [0.2, 0.25) is 5.85 Å². The van der Waals surface area contributed by atoms with Crippen molar-refractivity contribution in [1.29, 1.82) is 0 Å². The zero-order chi connectivity index (χ0) is 23.3. The van der Waals surface area contributed by atoms with Gasteiger partial charge in [0.15, 0.2) is 5.78 Å². The number of allylic oxidation sites excluding steroid dienone is 1. The Labute approximate surface area is 179 Å². The summed E-state index contributed by atoms with van der Waals surface area (Å²) < 4.78 is 20.2. The molecule has 6 heteroatoms. The Morgan fingerprint density at radius 2 is 1.67 bits per heavy atom. The van der Waals surface area contributed by atoms with Gasteiger partial charge in [-0.1, -0.05) is 33.3 Å². The Kier molecular flexibility index (Phi) is 6.68. The average molecular weight is 425 g/mol. The molecule has 0 spiro atoms. The molecule has 3 aliphatic carbocycles. The molecule has 2 bridgehead atoms. The lowest BCUT2D eigenvalue weighted by Gasteiger charge is -2.63. The number of fused-ring (bicyclic) bond motifs is 5. The first-order valence-electron chi connectivity index (χ1n) is 10.9. The van der Waals surface area contributed by atoms with Crippen LogP contribution in [0.4, 0.5) is 4.39 Å². The van der Waals surface area contributed by atoms with E-state index in [0.29, 0.717) is 18.4 Å². The largest absolute Gasteiger partial charge is 0.392 e. The molecule has 1 saturated heterocycles.